The van der Waals surface area contributed by atoms with Gasteiger partial charge in [0.05, 0.1) is 25.0 Å². The summed E-state index contributed by atoms with van der Waals surface area (Å²) in [4.78, 5) is 14.2. The van der Waals surface area contributed by atoms with E-state index in [1.54, 1.807) is 29.1 Å². The quantitative estimate of drug-likeness (QED) is 0.415. The normalized spacial score (nSPS) is 10.6. The van der Waals surface area contributed by atoms with Crippen LogP contribution in [0.4, 0.5) is 5.69 Å². The van der Waals surface area contributed by atoms with Crippen LogP contribution >= 0.6 is 12.2 Å². The van der Waals surface area contributed by atoms with Gasteiger partial charge in [-0.1, -0.05) is 12.1 Å². The lowest BCUT2D eigenvalue weighted by Gasteiger charge is -2.13. The monoisotopic (exact) mass is 461 g/mol. The molecule has 0 saturated heterocycles. The summed E-state index contributed by atoms with van der Waals surface area (Å²) in [5, 5.41) is 15.1. The molecule has 0 radical (unpaired) electrons. The number of nitrogens with zero attached hydrogens (tertiary/aromatic N) is 3. The number of nitrogens with one attached hydrogen (secondary N) is 2. The fourth-order valence-electron chi connectivity index (χ4n) is 3.32. The molecular weight excluding hydrogens is 438 g/mol. The molecule has 0 atom stereocenters. The van der Waals surface area contributed by atoms with Gasteiger partial charge in [0.25, 0.3) is 5.91 Å². The highest BCUT2D eigenvalue weighted by Crippen LogP contribution is 2.23. The first-order chi connectivity index (χ1) is 16.0. The fourth-order valence-corrected chi connectivity index (χ4v) is 3.52. The first-order valence-electron chi connectivity index (χ1n) is 10.3. The third-order valence-electron chi connectivity index (χ3n) is 4.93. The molecule has 3 aromatic carbocycles. The Morgan fingerprint density at radius 1 is 1.06 bits per heavy atom. The minimum atomic E-state index is -0.356. The van der Waals surface area contributed by atoms with E-state index < -0.39 is 0 Å². The second-order valence-corrected chi connectivity index (χ2v) is 7.59. The number of fused-ring (bicyclic) bond motifs is 1. The van der Waals surface area contributed by atoms with Crippen LogP contribution in [0.3, 0.4) is 0 Å². The number of thiocarbonyl (C=S) groups is 1. The fraction of sp³-hybridized carbons (Fsp3) is 0.167. The number of benzene rings is 3. The number of anilines is 1. The standard InChI is InChI=1S/C24H23N5O3S/c1-4-32-17-11-9-16(10-12-17)29-27-20-13-15(2)19(14-21(20)28-29)25-24(33)26-23(30)18-7-5-6-8-22(18)31-3/h5-14H,4H2,1-3H3,(H2,25,26,30,33). The molecule has 1 amide bonds. The van der Waals surface area contributed by atoms with Crippen LogP contribution in [0.25, 0.3) is 16.7 Å². The predicted molar refractivity (Wildman–Crippen MR) is 131 cm³/mol. The maximum absolute atomic E-state index is 12.6. The molecule has 2 N–H and O–H groups in total. The summed E-state index contributed by atoms with van der Waals surface area (Å²) in [6, 6.07) is 18.3. The topological polar surface area (TPSA) is 90.3 Å². The molecule has 33 heavy (non-hydrogen) atoms. The number of aryl methyl sites for hydroxylation is 1. The Bertz CT molecular complexity index is 1320. The number of hydrogen-bond donors (Lipinski definition) is 2. The Morgan fingerprint density at radius 2 is 1.76 bits per heavy atom. The van der Waals surface area contributed by atoms with Crippen molar-refractivity contribution in [2.24, 2.45) is 0 Å². The molecule has 8 nitrogen and oxygen atoms in total. The molecule has 168 valence electrons. The van der Waals surface area contributed by atoms with Crippen LogP contribution < -0.4 is 20.1 Å². The average Bonchev–Trinajstić information content (AvgIpc) is 3.22. The molecule has 0 aliphatic carbocycles. The van der Waals surface area contributed by atoms with E-state index in [1.807, 2.05) is 50.2 Å². The number of amides is 1. The van der Waals surface area contributed by atoms with Crippen molar-refractivity contribution < 1.29 is 14.3 Å². The Hall–Kier alpha value is -3.98. The van der Waals surface area contributed by atoms with Crippen LogP contribution in [0.5, 0.6) is 11.5 Å². The van der Waals surface area contributed by atoms with Crippen molar-refractivity contribution in [3.8, 4) is 17.2 Å². The molecule has 0 aliphatic rings. The minimum absolute atomic E-state index is 0.173. The lowest BCUT2D eigenvalue weighted by molar-refractivity contribution is 0.0975. The Morgan fingerprint density at radius 3 is 2.45 bits per heavy atom. The SMILES string of the molecule is CCOc1ccc(-n2nc3cc(C)c(NC(=S)NC(=O)c4ccccc4OC)cc3n2)cc1. The van der Waals surface area contributed by atoms with Gasteiger partial charge >= 0.3 is 0 Å². The van der Waals surface area contributed by atoms with Crippen molar-refractivity contribution in [1.29, 1.82) is 0 Å². The molecule has 0 bridgehead atoms. The molecule has 0 unspecified atom stereocenters. The van der Waals surface area contributed by atoms with Gasteiger partial charge in [0.1, 0.15) is 22.5 Å². The highest BCUT2D eigenvalue weighted by molar-refractivity contribution is 7.80. The van der Waals surface area contributed by atoms with E-state index in [1.165, 1.54) is 7.11 Å². The summed E-state index contributed by atoms with van der Waals surface area (Å²) in [6.45, 7) is 4.49. The van der Waals surface area contributed by atoms with Crippen molar-refractivity contribution in [3.63, 3.8) is 0 Å². The van der Waals surface area contributed by atoms with Gasteiger partial charge in [0.2, 0.25) is 0 Å². The third kappa shape index (κ3) is 4.93. The van der Waals surface area contributed by atoms with E-state index in [4.69, 9.17) is 21.7 Å². The van der Waals surface area contributed by atoms with E-state index in [0.29, 0.717) is 23.4 Å². The number of rotatable bonds is 6. The van der Waals surface area contributed by atoms with Crippen molar-refractivity contribution in [2.75, 3.05) is 19.0 Å². The van der Waals surface area contributed by atoms with Crippen molar-refractivity contribution in [1.82, 2.24) is 20.3 Å². The Labute approximate surface area is 196 Å². The number of hydrogen-bond acceptors (Lipinski definition) is 6. The van der Waals surface area contributed by atoms with Gasteiger partial charge in [-0.05, 0) is 80.2 Å². The lowest BCUT2D eigenvalue weighted by Crippen LogP contribution is -2.34. The van der Waals surface area contributed by atoms with Gasteiger partial charge < -0.3 is 14.8 Å². The first kappa shape index (κ1) is 22.2. The predicted octanol–water partition coefficient (Wildman–Crippen LogP) is 4.26. The van der Waals surface area contributed by atoms with Crippen LogP contribution in [-0.2, 0) is 0 Å². The summed E-state index contributed by atoms with van der Waals surface area (Å²) in [7, 11) is 1.52. The van der Waals surface area contributed by atoms with Gasteiger partial charge in [-0.3, -0.25) is 10.1 Å². The van der Waals surface area contributed by atoms with E-state index in [0.717, 1.165) is 28.2 Å². The largest absolute Gasteiger partial charge is 0.496 e. The third-order valence-corrected chi connectivity index (χ3v) is 5.14. The highest BCUT2D eigenvalue weighted by Gasteiger charge is 2.14. The summed E-state index contributed by atoms with van der Waals surface area (Å²) < 4.78 is 10.7. The zero-order chi connectivity index (χ0) is 23.4. The molecule has 1 aromatic heterocycles. The molecule has 0 spiro atoms. The first-order valence-corrected chi connectivity index (χ1v) is 10.8. The van der Waals surface area contributed by atoms with Crippen LogP contribution in [0.2, 0.25) is 0 Å². The van der Waals surface area contributed by atoms with Gasteiger partial charge in [-0.2, -0.15) is 4.80 Å². The molecular formula is C24H23N5O3S. The Balaban J connectivity index is 1.51. The second-order valence-electron chi connectivity index (χ2n) is 7.18. The molecule has 4 aromatic rings. The van der Waals surface area contributed by atoms with E-state index in [-0.39, 0.29) is 11.0 Å². The van der Waals surface area contributed by atoms with Crippen LogP contribution in [0.1, 0.15) is 22.8 Å². The number of ether oxygens (including phenoxy) is 2. The smallest absolute Gasteiger partial charge is 0.261 e. The van der Waals surface area contributed by atoms with Crippen molar-refractivity contribution >= 4 is 40.0 Å². The zero-order valence-electron chi connectivity index (χ0n) is 18.5. The minimum Gasteiger partial charge on any atom is -0.496 e. The number of carbonyl (C=O) groups excluding carboxylic acids is 1. The maximum atomic E-state index is 12.6. The number of methoxy groups -OCH3 is 1. The number of carbonyl (C=O) groups is 1. The second kappa shape index (κ2) is 9.66. The average molecular weight is 462 g/mol. The summed E-state index contributed by atoms with van der Waals surface area (Å²) in [6.07, 6.45) is 0. The zero-order valence-corrected chi connectivity index (χ0v) is 19.3. The summed E-state index contributed by atoms with van der Waals surface area (Å²) in [5.74, 6) is 0.912. The highest BCUT2D eigenvalue weighted by atomic mass is 32.1. The molecule has 9 heteroatoms. The molecule has 0 fully saturated rings. The molecule has 1 heterocycles. The van der Waals surface area contributed by atoms with E-state index >= 15 is 0 Å². The summed E-state index contributed by atoms with van der Waals surface area (Å²) in [5.41, 5.74) is 4.30. The number of para-hydroxylation sites is 1. The van der Waals surface area contributed by atoms with E-state index in [2.05, 4.69) is 20.8 Å². The van der Waals surface area contributed by atoms with Crippen LogP contribution in [0.15, 0.2) is 60.7 Å². The van der Waals surface area contributed by atoms with Gasteiger partial charge in [-0.25, -0.2) is 0 Å². The van der Waals surface area contributed by atoms with Crippen molar-refractivity contribution in [3.05, 3.63) is 71.8 Å². The molecule has 4 rings (SSSR count). The van der Waals surface area contributed by atoms with Crippen LogP contribution in [-0.4, -0.2) is 39.7 Å². The van der Waals surface area contributed by atoms with E-state index in [9.17, 15) is 4.79 Å². The molecule has 0 saturated carbocycles. The van der Waals surface area contributed by atoms with Gasteiger partial charge in [0, 0.05) is 5.69 Å². The van der Waals surface area contributed by atoms with Gasteiger partial charge in [0.15, 0.2) is 5.11 Å². The Kier molecular flexibility index (Phi) is 6.50. The van der Waals surface area contributed by atoms with Gasteiger partial charge in [-0.15, -0.1) is 10.2 Å². The summed E-state index contributed by atoms with van der Waals surface area (Å²) >= 11 is 5.35. The number of aromatic nitrogens is 3. The van der Waals surface area contributed by atoms with Crippen LogP contribution in [0, 0.1) is 6.92 Å². The maximum Gasteiger partial charge on any atom is 0.261 e. The van der Waals surface area contributed by atoms with Crippen molar-refractivity contribution in [2.45, 2.75) is 13.8 Å². The lowest BCUT2D eigenvalue weighted by atomic mass is 10.1. The molecule has 0 aliphatic heterocycles.